The van der Waals surface area contributed by atoms with Gasteiger partial charge in [-0.1, -0.05) is 6.92 Å². The summed E-state index contributed by atoms with van der Waals surface area (Å²) < 4.78 is 5.56. The van der Waals surface area contributed by atoms with Crippen LogP contribution in [-0.4, -0.2) is 25.2 Å². The number of rotatable bonds is 1. The summed E-state index contributed by atoms with van der Waals surface area (Å²) >= 11 is 0. The Bertz CT molecular complexity index is 487. The van der Waals surface area contributed by atoms with Crippen molar-refractivity contribution in [2.75, 3.05) is 23.8 Å². The van der Waals surface area contributed by atoms with E-state index in [-0.39, 0.29) is 12.0 Å². The predicted molar refractivity (Wildman–Crippen MR) is 70.4 cm³/mol. The number of carbonyl (C=O) groups is 1. The molecule has 2 aliphatic rings. The Kier molecular flexibility index (Phi) is 2.74. The molecule has 1 fully saturated rings. The molecular weight excluding hydrogens is 228 g/mol. The molecule has 0 saturated carbocycles. The summed E-state index contributed by atoms with van der Waals surface area (Å²) in [6.07, 6.45) is 1.58. The highest BCUT2D eigenvalue weighted by Crippen LogP contribution is 2.32. The van der Waals surface area contributed by atoms with Gasteiger partial charge < -0.3 is 15.4 Å². The van der Waals surface area contributed by atoms with E-state index in [1.807, 2.05) is 23.1 Å². The first-order chi connectivity index (χ1) is 8.66. The Labute approximate surface area is 107 Å². The molecular formula is C14H18N2O2. The number of hydrogen-bond donors (Lipinski definition) is 1. The summed E-state index contributed by atoms with van der Waals surface area (Å²) in [5.74, 6) is 0.416. The minimum atomic E-state index is -0.270. The van der Waals surface area contributed by atoms with Gasteiger partial charge in [0.25, 0.3) is 5.91 Å². The number of benzene rings is 1. The fourth-order valence-electron chi connectivity index (χ4n) is 2.82. The van der Waals surface area contributed by atoms with Crippen LogP contribution in [0, 0.1) is 5.92 Å². The Morgan fingerprint density at radius 3 is 3.06 bits per heavy atom. The van der Waals surface area contributed by atoms with E-state index in [0.29, 0.717) is 12.5 Å². The zero-order valence-corrected chi connectivity index (χ0v) is 10.6. The number of nitrogens with zero attached hydrogens (tertiary/aromatic N) is 1. The van der Waals surface area contributed by atoms with Gasteiger partial charge in [0, 0.05) is 24.5 Å². The second kappa shape index (κ2) is 4.28. The fraction of sp³-hybridized carbons (Fsp3) is 0.500. The lowest BCUT2D eigenvalue weighted by Gasteiger charge is -2.23. The normalized spacial score (nSPS) is 26.4. The smallest absolute Gasteiger partial charge is 0.256 e. The Morgan fingerprint density at radius 2 is 2.33 bits per heavy atom. The standard InChI is InChI=1S/C14H18N2O2/c1-9-5-7-18-13(9)14(17)16-6-4-10-8-11(15)2-3-12(10)16/h2-3,8-9,13H,4-7,15H2,1H3. The average Bonchev–Trinajstić information content (AvgIpc) is 2.94. The van der Waals surface area contributed by atoms with Crippen LogP contribution in [-0.2, 0) is 16.0 Å². The molecule has 2 heterocycles. The van der Waals surface area contributed by atoms with Crippen LogP contribution in [0.3, 0.4) is 0 Å². The zero-order valence-electron chi connectivity index (χ0n) is 10.6. The monoisotopic (exact) mass is 246 g/mol. The first-order valence-electron chi connectivity index (χ1n) is 6.48. The number of anilines is 2. The summed E-state index contributed by atoms with van der Waals surface area (Å²) in [4.78, 5) is 14.3. The van der Waals surface area contributed by atoms with E-state index >= 15 is 0 Å². The third kappa shape index (κ3) is 1.77. The second-order valence-electron chi connectivity index (χ2n) is 5.19. The van der Waals surface area contributed by atoms with Crippen LogP contribution in [0.2, 0.25) is 0 Å². The molecule has 4 nitrogen and oxygen atoms in total. The molecule has 18 heavy (non-hydrogen) atoms. The SMILES string of the molecule is CC1CCOC1C(=O)N1CCc2cc(N)ccc21. The van der Waals surface area contributed by atoms with Crippen molar-refractivity contribution in [2.24, 2.45) is 5.92 Å². The highest BCUT2D eigenvalue weighted by Gasteiger charge is 2.36. The van der Waals surface area contributed by atoms with E-state index in [1.54, 1.807) is 0 Å². The molecule has 2 unspecified atom stereocenters. The molecule has 2 aliphatic heterocycles. The Balaban J connectivity index is 1.85. The van der Waals surface area contributed by atoms with Crippen LogP contribution >= 0.6 is 0 Å². The van der Waals surface area contributed by atoms with Gasteiger partial charge in [-0.3, -0.25) is 4.79 Å². The van der Waals surface area contributed by atoms with Gasteiger partial charge in [0.15, 0.2) is 0 Å². The molecule has 2 atom stereocenters. The number of nitrogens with two attached hydrogens (primary N) is 1. The number of fused-ring (bicyclic) bond motifs is 1. The lowest BCUT2D eigenvalue weighted by Crippen LogP contribution is -2.40. The van der Waals surface area contributed by atoms with Gasteiger partial charge in [0.05, 0.1) is 0 Å². The van der Waals surface area contributed by atoms with Crippen LogP contribution in [0.25, 0.3) is 0 Å². The maximum atomic E-state index is 12.5. The molecule has 0 aliphatic carbocycles. The van der Waals surface area contributed by atoms with E-state index in [4.69, 9.17) is 10.5 Å². The minimum Gasteiger partial charge on any atom is -0.399 e. The summed E-state index contributed by atoms with van der Waals surface area (Å²) in [5, 5.41) is 0. The van der Waals surface area contributed by atoms with Crippen molar-refractivity contribution >= 4 is 17.3 Å². The Hall–Kier alpha value is -1.55. The van der Waals surface area contributed by atoms with E-state index in [1.165, 1.54) is 0 Å². The molecule has 0 bridgehead atoms. The first-order valence-corrected chi connectivity index (χ1v) is 6.48. The van der Waals surface area contributed by atoms with Crippen molar-refractivity contribution < 1.29 is 9.53 Å². The van der Waals surface area contributed by atoms with Gasteiger partial charge in [0.1, 0.15) is 6.10 Å². The maximum absolute atomic E-state index is 12.5. The molecule has 1 amide bonds. The van der Waals surface area contributed by atoms with Gasteiger partial charge in [0.2, 0.25) is 0 Å². The van der Waals surface area contributed by atoms with Gasteiger partial charge in [-0.25, -0.2) is 0 Å². The fourth-order valence-corrected chi connectivity index (χ4v) is 2.82. The van der Waals surface area contributed by atoms with E-state index in [0.717, 1.165) is 36.3 Å². The largest absolute Gasteiger partial charge is 0.399 e. The molecule has 1 aromatic carbocycles. The van der Waals surface area contributed by atoms with E-state index in [9.17, 15) is 4.79 Å². The van der Waals surface area contributed by atoms with Crippen molar-refractivity contribution in [1.82, 2.24) is 0 Å². The Morgan fingerprint density at radius 1 is 1.50 bits per heavy atom. The number of nitrogen functional groups attached to an aromatic ring is 1. The molecule has 3 rings (SSSR count). The van der Waals surface area contributed by atoms with Crippen LogP contribution in [0.4, 0.5) is 11.4 Å². The van der Waals surface area contributed by atoms with E-state index in [2.05, 4.69) is 6.92 Å². The van der Waals surface area contributed by atoms with Crippen LogP contribution < -0.4 is 10.6 Å². The van der Waals surface area contributed by atoms with Gasteiger partial charge in [-0.2, -0.15) is 0 Å². The van der Waals surface area contributed by atoms with E-state index < -0.39 is 0 Å². The molecule has 2 N–H and O–H groups in total. The van der Waals surface area contributed by atoms with Crippen molar-refractivity contribution in [2.45, 2.75) is 25.9 Å². The number of hydrogen-bond acceptors (Lipinski definition) is 3. The van der Waals surface area contributed by atoms with Crippen LogP contribution in [0.5, 0.6) is 0 Å². The minimum absolute atomic E-state index is 0.100. The molecule has 0 spiro atoms. The second-order valence-corrected chi connectivity index (χ2v) is 5.19. The predicted octanol–water partition coefficient (Wildman–Crippen LogP) is 1.58. The number of carbonyl (C=O) groups excluding carboxylic acids is 1. The van der Waals surface area contributed by atoms with Gasteiger partial charge in [-0.05, 0) is 42.5 Å². The number of ether oxygens (including phenoxy) is 1. The quantitative estimate of drug-likeness (QED) is 0.765. The summed E-state index contributed by atoms with van der Waals surface area (Å²) in [7, 11) is 0. The zero-order chi connectivity index (χ0) is 12.7. The maximum Gasteiger partial charge on any atom is 0.256 e. The number of amides is 1. The highest BCUT2D eigenvalue weighted by atomic mass is 16.5. The molecule has 96 valence electrons. The molecule has 0 aromatic heterocycles. The van der Waals surface area contributed by atoms with Crippen molar-refractivity contribution in [1.29, 1.82) is 0 Å². The topological polar surface area (TPSA) is 55.6 Å². The average molecular weight is 246 g/mol. The lowest BCUT2D eigenvalue weighted by molar-refractivity contribution is -0.128. The molecule has 1 saturated heterocycles. The third-order valence-electron chi connectivity index (χ3n) is 3.90. The van der Waals surface area contributed by atoms with Crippen LogP contribution in [0.15, 0.2) is 18.2 Å². The van der Waals surface area contributed by atoms with Crippen molar-refractivity contribution in [3.63, 3.8) is 0 Å². The summed E-state index contributed by atoms with van der Waals surface area (Å²) in [5.41, 5.74) is 8.68. The third-order valence-corrected chi connectivity index (χ3v) is 3.90. The summed E-state index contributed by atoms with van der Waals surface area (Å²) in [6.45, 7) is 3.51. The van der Waals surface area contributed by atoms with Gasteiger partial charge >= 0.3 is 0 Å². The van der Waals surface area contributed by atoms with Crippen molar-refractivity contribution in [3.05, 3.63) is 23.8 Å². The highest BCUT2D eigenvalue weighted by molar-refractivity contribution is 5.99. The summed E-state index contributed by atoms with van der Waals surface area (Å²) in [6, 6.07) is 5.75. The molecule has 4 heteroatoms. The van der Waals surface area contributed by atoms with Crippen LogP contribution in [0.1, 0.15) is 18.9 Å². The van der Waals surface area contributed by atoms with Crippen molar-refractivity contribution in [3.8, 4) is 0 Å². The van der Waals surface area contributed by atoms with Gasteiger partial charge in [-0.15, -0.1) is 0 Å². The lowest BCUT2D eigenvalue weighted by atomic mass is 10.0. The first kappa shape index (κ1) is 11.5. The molecule has 0 radical (unpaired) electrons. The molecule has 1 aromatic rings.